The van der Waals surface area contributed by atoms with Crippen LogP contribution in [0.5, 0.6) is 0 Å². The van der Waals surface area contributed by atoms with E-state index in [2.05, 4.69) is 22.6 Å². The fourth-order valence-electron chi connectivity index (χ4n) is 1.80. The van der Waals surface area contributed by atoms with Crippen LogP contribution < -0.4 is 4.90 Å². The van der Waals surface area contributed by atoms with Crippen LogP contribution in [0.4, 0.5) is 5.69 Å². The minimum absolute atomic E-state index is 0.0466. The van der Waals surface area contributed by atoms with E-state index >= 15 is 0 Å². The van der Waals surface area contributed by atoms with Crippen LogP contribution in [0.25, 0.3) is 0 Å². The van der Waals surface area contributed by atoms with Gasteiger partial charge in [-0.15, -0.1) is 0 Å². The van der Waals surface area contributed by atoms with Crippen LogP contribution in [0.3, 0.4) is 0 Å². The molecule has 0 N–H and O–H groups in total. The highest BCUT2D eigenvalue weighted by atomic mass is 127. The van der Waals surface area contributed by atoms with Gasteiger partial charge in [0.1, 0.15) is 5.25 Å². The molecule has 98 valence electrons. The van der Waals surface area contributed by atoms with Gasteiger partial charge in [-0.05, 0) is 40.8 Å². The maximum atomic E-state index is 11.8. The number of hydrogen-bond donors (Lipinski definition) is 0. The summed E-state index contributed by atoms with van der Waals surface area (Å²) >= 11 is 8.16. The summed E-state index contributed by atoms with van der Waals surface area (Å²) in [5, 5.41) is -0.454. The van der Waals surface area contributed by atoms with Crippen LogP contribution in [0.15, 0.2) is 18.2 Å². The van der Waals surface area contributed by atoms with Gasteiger partial charge < -0.3 is 4.90 Å². The smallest absolute Gasteiger partial charge is 0.237 e. The van der Waals surface area contributed by atoms with Crippen LogP contribution >= 0.6 is 44.9 Å². The van der Waals surface area contributed by atoms with Crippen molar-refractivity contribution >= 4 is 65.5 Å². The van der Waals surface area contributed by atoms with Crippen molar-refractivity contribution in [2.24, 2.45) is 0 Å². The summed E-state index contributed by atoms with van der Waals surface area (Å²) in [5.74, 6) is -0.285. The molecule has 18 heavy (non-hydrogen) atoms. The molecule has 2 rings (SSSR count). The first-order chi connectivity index (χ1) is 8.29. The molecule has 1 fully saturated rings. The van der Waals surface area contributed by atoms with Crippen molar-refractivity contribution in [3.8, 4) is 0 Å². The van der Waals surface area contributed by atoms with Crippen LogP contribution in [-0.2, 0) is 13.8 Å². The number of benzene rings is 1. The van der Waals surface area contributed by atoms with E-state index in [4.69, 9.17) is 22.3 Å². The predicted molar refractivity (Wildman–Crippen MR) is 79.7 cm³/mol. The van der Waals surface area contributed by atoms with Crippen LogP contribution in [0.2, 0.25) is 5.02 Å². The summed E-state index contributed by atoms with van der Waals surface area (Å²) in [6.07, 6.45) is -0.103. The van der Waals surface area contributed by atoms with E-state index in [-0.39, 0.29) is 18.9 Å². The minimum atomic E-state index is -3.73. The number of amides is 1. The summed E-state index contributed by atoms with van der Waals surface area (Å²) in [5.41, 5.74) is 0.518. The van der Waals surface area contributed by atoms with Gasteiger partial charge in [0.2, 0.25) is 15.0 Å². The zero-order chi connectivity index (χ0) is 13.5. The van der Waals surface area contributed by atoms with Crippen molar-refractivity contribution in [3.63, 3.8) is 0 Å². The first-order valence-electron chi connectivity index (χ1n) is 4.98. The molecule has 1 amide bonds. The first kappa shape index (κ1) is 14.4. The van der Waals surface area contributed by atoms with Gasteiger partial charge in [0, 0.05) is 27.2 Å². The average molecular weight is 420 g/mol. The van der Waals surface area contributed by atoms with Crippen molar-refractivity contribution in [3.05, 3.63) is 26.8 Å². The number of anilines is 1. The summed E-state index contributed by atoms with van der Waals surface area (Å²) in [7, 11) is 1.55. The van der Waals surface area contributed by atoms with Gasteiger partial charge in [-0.3, -0.25) is 4.79 Å². The minimum Gasteiger partial charge on any atom is -0.310 e. The van der Waals surface area contributed by atoms with E-state index < -0.39 is 14.3 Å². The second-order valence-corrected chi connectivity index (χ2v) is 8.46. The van der Waals surface area contributed by atoms with E-state index in [0.717, 1.165) is 3.57 Å². The summed E-state index contributed by atoms with van der Waals surface area (Å²) in [6, 6.07) is 5.22. The molecule has 0 saturated carbocycles. The van der Waals surface area contributed by atoms with E-state index in [1.807, 2.05) is 0 Å². The molecule has 1 unspecified atom stereocenters. The number of halogens is 3. The van der Waals surface area contributed by atoms with Gasteiger partial charge in [0.05, 0.1) is 10.7 Å². The molecule has 0 radical (unpaired) electrons. The van der Waals surface area contributed by atoms with Gasteiger partial charge in [-0.2, -0.15) is 0 Å². The molecule has 0 spiro atoms. The lowest BCUT2D eigenvalue weighted by molar-refractivity contribution is -0.117. The monoisotopic (exact) mass is 419 g/mol. The SMILES string of the molecule is O=C1CC(S(=O)(=O)Cl)CN1c1ccc(I)cc1Cl. The largest absolute Gasteiger partial charge is 0.310 e. The lowest BCUT2D eigenvalue weighted by atomic mass is 10.3. The number of rotatable bonds is 2. The second-order valence-electron chi connectivity index (χ2n) is 3.90. The molecule has 1 saturated heterocycles. The van der Waals surface area contributed by atoms with Crippen molar-refractivity contribution in [1.29, 1.82) is 0 Å². The molecule has 1 atom stereocenters. The lowest BCUT2D eigenvalue weighted by Crippen LogP contribution is -2.26. The molecular formula is C10H8Cl2INO3S. The molecule has 1 aromatic rings. The Kier molecular flexibility index (Phi) is 4.10. The van der Waals surface area contributed by atoms with Gasteiger partial charge >= 0.3 is 0 Å². The van der Waals surface area contributed by atoms with Crippen molar-refractivity contribution in [1.82, 2.24) is 0 Å². The summed E-state index contributed by atoms with van der Waals surface area (Å²) < 4.78 is 23.4. The maximum Gasteiger partial charge on any atom is 0.237 e. The number of nitrogens with zero attached hydrogens (tertiary/aromatic N) is 1. The van der Waals surface area contributed by atoms with Gasteiger partial charge in [-0.1, -0.05) is 11.6 Å². The fourth-order valence-corrected chi connectivity index (χ4v) is 3.78. The van der Waals surface area contributed by atoms with E-state index in [9.17, 15) is 13.2 Å². The highest BCUT2D eigenvalue weighted by Gasteiger charge is 2.38. The highest BCUT2D eigenvalue weighted by Crippen LogP contribution is 2.32. The first-order valence-corrected chi connectivity index (χ1v) is 8.81. The number of carbonyl (C=O) groups is 1. The quantitative estimate of drug-likeness (QED) is 0.547. The Hall–Kier alpha value is -0.0500. The molecule has 8 heteroatoms. The topological polar surface area (TPSA) is 54.5 Å². The van der Waals surface area contributed by atoms with E-state index in [1.165, 1.54) is 4.90 Å². The molecule has 0 aromatic heterocycles. The number of carbonyl (C=O) groups excluding carboxylic acids is 1. The Morgan fingerprint density at radius 2 is 2.06 bits per heavy atom. The van der Waals surface area contributed by atoms with Crippen molar-refractivity contribution < 1.29 is 13.2 Å². The molecule has 0 bridgehead atoms. The van der Waals surface area contributed by atoms with Crippen LogP contribution in [-0.4, -0.2) is 26.1 Å². The Balaban J connectivity index is 2.33. The molecule has 1 aliphatic heterocycles. The normalized spacial score (nSPS) is 20.5. The second kappa shape index (κ2) is 5.15. The van der Waals surface area contributed by atoms with E-state index in [1.54, 1.807) is 18.2 Å². The van der Waals surface area contributed by atoms with E-state index in [0.29, 0.717) is 10.7 Å². The molecule has 1 aliphatic rings. The van der Waals surface area contributed by atoms with Gasteiger partial charge in [0.25, 0.3) is 0 Å². The Morgan fingerprint density at radius 1 is 1.39 bits per heavy atom. The average Bonchev–Trinajstić information content (AvgIpc) is 2.60. The third kappa shape index (κ3) is 2.92. The molecule has 4 nitrogen and oxygen atoms in total. The molecular weight excluding hydrogens is 412 g/mol. The Labute approximate surface area is 128 Å². The molecule has 1 heterocycles. The number of hydrogen-bond acceptors (Lipinski definition) is 3. The third-order valence-electron chi connectivity index (χ3n) is 2.69. The summed E-state index contributed by atoms with van der Waals surface area (Å²) in [4.78, 5) is 13.2. The maximum absolute atomic E-state index is 11.8. The standard InChI is InChI=1S/C10H8Cl2INO3S/c11-8-3-6(13)1-2-9(8)14-5-7(4-10(14)15)18(12,16)17/h1-3,7H,4-5H2. The Morgan fingerprint density at radius 3 is 2.56 bits per heavy atom. The third-order valence-corrected chi connectivity index (χ3v) is 5.53. The molecule has 0 aliphatic carbocycles. The van der Waals surface area contributed by atoms with Crippen molar-refractivity contribution in [2.45, 2.75) is 11.7 Å². The Bertz CT molecular complexity index is 605. The predicted octanol–water partition coefficient (Wildman–Crippen LogP) is 2.62. The van der Waals surface area contributed by atoms with Gasteiger partial charge in [0.15, 0.2) is 0 Å². The zero-order valence-corrected chi connectivity index (χ0v) is 13.4. The zero-order valence-electron chi connectivity index (χ0n) is 8.94. The highest BCUT2D eigenvalue weighted by molar-refractivity contribution is 14.1. The van der Waals surface area contributed by atoms with Crippen LogP contribution in [0, 0.1) is 3.57 Å². The van der Waals surface area contributed by atoms with Gasteiger partial charge in [-0.25, -0.2) is 8.42 Å². The molecule has 1 aromatic carbocycles. The van der Waals surface area contributed by atoms with Crippen molar-refractivity contribution in [2.75, 3.05) is 11.4 Å². The lowest BCUT2D eigenvalue weighted by Gasteiger charge is -2.17. The summed E-state index contributed by atoms with van der Waals surface area (Å²) in [6.45, 7) is 0.0466. The van der Waals surface area contributed by atoms with Crippen LogP contribution in [0.1, 0.15) is 6.42 Å². The fraction of sp³-hybridized carbons (Fsp3) is 0.300.